The molecule has 104 valence electrons. The van der Waals surface area contributed by atoms with Gasteiger partial charge in [-0.3, -0.25) is 20.1 Å². The third-order valence-corrected chi connectivity index (χ3v) is 3.96. The van der Waals surface area contributed by atoms with Crippen LogP contribution in [0.1, 0.15) is 10.4 Å². The van der Waals surface area contributed by atoms with Crippen molar-refractivity contribution in [2.24, 2.45) is 0 Å². The van der Waals surface area contributed by atoms with Gasteiger partial charge in [0.25, 0.3) is 5.69 Å². The van der Waals surface area contributed by atoms with Crippen molar-refractivity contribution in [2.45, 2.75) is 0 Å². The first-order chi connectivity index (χ1) is 10.1. The lowest BCUT2D eigenvalue weighted by Crippen LogP contribution is -2.04. The van der Waals surface area contributed by atoms with Crippen molar-refractivity contribution >= 4 is 33.1 Å². The van der Waals surface area contributed by atoms with Gasteiger partial charge in [0.05, 0.1) is 16.1 Å². The summed E-state index contributed by atoms with van der Waals surface area (Å²) in [7, 11) is 0. The quantitative estimate of drug-likeness (QED) is 0.588. The lowest BCUT2D eigenvalue weighted by Gasteiger charge is -2.05. The molecule has 8 heteroatoms. The van der Waals surface area contributed by atoms with E-state index in [-0.39, 0.29) is 16.8 Å². The number of aromatic nitrogens is 2. The number of carbonyl (C=O) groups is 1. The normalized spacial score (nSPS) is 10.7. The number of rotatable bonds is 3. The minimum absolute atomic E-state index is 0.0572. The van der Waals surface area contributed by atoms with Crippen LogP contribution in [0.25, 0.3) is 21.2 Å². The molecular weight excluding hydrogens is 294 g/mol. The van der Waals surface area contributed by atoms with Gasteiger partial charge in [0.15, 0.2) is 0 Å². The zero-order valence-corrected chi connectivity index (χ0v) is 11.2. The van der Waals surface area contributed by atoms with Crippen LogP contribution in [-0.2, 0) is 0 Å². The lowest BCUT2D eigenvalue weighted by molar-refractivity contribution is -0.384. The van der Waals surface area contributed by atoms with Gasteiger partial charge < -0.3 is 5.11 Å². The van der Waals surface area contributed by atoms with E-state index in [1.54, 1.807) is 23.8 Å². The molecule has 0 radical (unpaired) electrons. The van der Waals surface area contributed by atoms with E-state index in [9.17, 15) is 20.0 Å². The van der Waals surface area contributed by atoms with Gasteiger partial charge in [0.2, 0.25) is 0 Å². The van der Waals surface area contributed by atoms with Gasteiger partial charge in [0.1, 0.15) is 6.20 Å². The Labute approximate surface area is 121 Å². The SMILES string of the molecule is O=C(O)c1cncc([N+](=O)[O-])c1-c1csc2ccncc12. The van der Waals surface area contributed by atoms with Gasteiger partial charge in [-0.15, -0.1) is 11.3 Å². The lowest BCUT2D eigenvalue weighted by atomic mass is 10.0. The van der Waals surface area contributed by atoms with Crippen molar-refractivity contribution in [2.75, 3.05) is 0 Å². The van der Waals surface area contributed by atoms with Crippen molar-refractivity contribution in [3.05, 3.63) is 51.9 Å². The van der Waals surface area contributed by atoms with Gasteiger partial charge in [0, 0.05) is 39.6 Å². The summed E-state index contributed by atoms with van der Waals surface area (Å²) in [6.07, 6.45) is 5.35. The minimum Gasteiger partial charge on any atom is -0.478 e. The number of nitrogens with zero attached hydrogens (tertiary/aromatic N) is 3. The summed E-state index contributed by atoms with van der Waals surface area (Å²) in [6.45, 7) is 0. The molecule has 3 heterocycles. The van der Waals surface area contributed by atoms with E-state index in [4.69, 9.17) is 0 Å². The van der Waals surface area contributed by atoms with Crippen LogP contribution in [-0.4, -0.2) is 26.0 Å². The van der Waals surface area contributed by atoms with Gasteiger partial charge in [-0.05, 0) is 6.07 Å². The number of fused-ring (bicyclic) bond motifs is 1. The molecule has 7 nitrogen and oxygen atoms in total. The molecule has 21 heavy (non-hydrogen) atoms. The third-order valence-electron chi connectivity index (χ3n) is 3.00. The van der Waals surface area contributed by atoms with E-state index in [1.165, 1.54) is 11.3 Å². The molecular formula is C13H7N3O4S. The van der Waals surface area contributed by atoms with E-state index in [2.05, 4.69) is 9.97 Å². The second kappa shape index (κ2) is 4.91. The Kier molecular flexibility index (Phi) is 3.07. The van der Waals surface area contributed by atoms with E-state index < -0.39 is 10.9 Å². The van der Waals surface area contributed by atoms with E-state index in [0.29, 0.717) is 10.9 Å². The Balaban J connectivity index is 2.40. The fourth-order valence-corrected chi connectivity index (χ4v) is 3.02. The van der Waals surface area contributed by atoms with Crippen LogP contribution in [0.4, 0.5) is 5.69 Å². The first kappa shape index (κ1) is 13.1. The Hall–Kier alpha value is -2.87. The van der Waals surface area contributed by atoms with Gasteiger partial charge >= 0.3 is 5.97 Å². The molecule has 3 aromatic heterocycles. The molecule has 0 unspecified atom stereocenters. The number of pyridine rings is 2. The van der Waals surface area contributed by atoms with Crippen LogP contribution in [0.2, 0.25) is 0 Å². The van der Waals surface area contributed by atoms with E-state index >= 15 is 0 Å². The van der Waals surface area contributed by atoms with E-state index in [0.717, 1.165) is 17.1 Å². The molecule has 0 atom stereocenters. The largest absolute Gasteiger partial charge is 0.478 e. The summed E-state index contributed by atoms with van der Waals surface area (Å²) in [5.74, 6) is -1.26. The average molecular weight is 301 g/mol. The van der Waals surface area contributed by atoms with E-state index in [1.807, 2.05) is 0 Å². The van der Waals surface area contributed by atoms with Crippen LogP contribution in [0.3, 0.4) is 0 Å². The van der Waals surface area contributed by atoms with Gasteiger partial charge in [-0.2, -0.15) is 0 Å². The predicted octanol–water partition coefficient (Wildman–Crippen LogP) is 2.96. The summed E-state index contributed by atoms with van der Waals surface area (Å²) >= 11 is 1.37. The molecule has 0 fully saturated rings. The van der Waals surface area contributed by atoms with Crippen LogP contribution in [0.5, 0.6) is 0 Å². The average Bonchev–Trinajstić information content (AvgIpc) is 2.90. The van der Waals surface area contributed by atoms with Crippen molar-refractivity contribution in [3.8, 4) is 11.1 Å². The highest BCUT2D eigenvalue weighted by molar-refractivity contribution is 7.17. The number of carboxylic acids is 1. The molecule has 0 saturated heterocycles. The zero-order valence-electron chi connectivity index (χ0n) is 10.4. The van der Waals surface area contributed by atoms with Crippen LogP contribution in [0.15, 0.2) is 36.2 Å². The second-order valence-corrected chi connectivity index (χ2v) is 5.08. The molecule has 0 saturated carbocycles. The van der Waals surface area contributed by atoms with Crippen molar-refractivity contribution in [1.82, 2.24) is 9.97 Å². The summed E-state index contributed by atoms with van der Waals surface area (Å²) in [6, 6.07) is 1.77. The standard InChI is InChI=1S/C13H7N3O4S/c17-13(18)8-4-15-5-10(16(19)20)12(8)9-6-21-11-1-2-14-3-7(9)11/h1-6H,(H,17,18). The molecule has 3 aromatic rings. The molecule has 0 aliphatic heterocycles. The molecule has 0 aliphatic carbocycles. The molecule has 0 amide bonds. The minimum atomic E-state index is -1.26. The summed E-state index contributed by atoms with van der Waals surface area (Å²) < 4.78 is 0.877. The highest BCUT2D eigenvalue weighted by Crippen LogP contribution is 2.39. The van der Waals surface area contributed by atoms with Crippen molar-refractivity contribution in [1.29, 1.82) is 0 Å². The fraction of sp³-hybridized carbons (Fsp3) is 0. The first-order valence-electron chi connectivity index (χ1n) is 5.77. The zero-order chi connectivity index (χ0) is 15.0. The van der Waals surface area contributed by atoms with Crippen LogP contribution >= 0.6 is 11.3 Å². The number of hydrogen-bond donors (Lipinski definition) is 1. The maximum Gasteiger partial charge on any atom is 0.338 e. The van der Waals surface area contributed by atoms with Crippen molar-refractivity contribution < 1.29 is 14.8 Å². The Morgan fingerprint density at radius 1 is 1.29 bits per heavy atom. The number of carboxylic acid groups (broad SMARTS) is 1. The molecule has 0 aliphatic rings. The topological polar surface area (TPSA) is 106 Å². The molecule has 1 N–H and O–H groups in total. The first-order valence-corrected chi connectivity index (χ1v) is 6.65. The second-order valence-electron chi connectivity index (χ2n) is 4.16. The predicted molar refractivity (Wildman–Crippen MR) is 76.5 cm³/mol. The van der Waals surface area contributed by atoms with Gasteiger partial charge in [-0.25, -0.2) is 4.79 Å². The highest BCUT2D eigenvalue weighted by Gasteiger charge is 2.25. The number of nitro groups is 1. The number of thiophene rings is 1. The summed E-state index contributed by atoms with van der Waals surface area (Å²) in [4.78, 5) is 29.5. The van der Waals surface area contributed by atoms with Gasteiger partial charge in [-0.1, -0.05) is 0 Å². The highest BCUT2D eigenvalue weighted by atomic mass is 32.1. The Morgan fingerprint density at radius 3 is 2.81 bits per heavy atom. The maximum atomic E-state index is 11.4. The summed E-state index contributed by atoms with van der Waals surface area (Å²) in [5, 5.41) is 22.8. The monoisotopic (exact) mass is 301 g/mol. The van der Waals surface area contributed by atoms with Crippen molar-refractivity contribution in [3.63, 3.8) is 0 Å². The Bertz CT molecular complexity index is 842. The molecule has 3 rings (SSSR count). The fourth-order valence-electron chi connectivity index (χ4n) is 2.10. The Morgan fingerprint density at radius 2 is 2.10 bits per heavy atom. The third kappa shape index (κ3) is 2.11. The molecule has 0 bridgehead atoms. The number of hydrogen-bond acceptors (Lipinski definition) is 6. The van der Waals surface area contributed by atoms with Crippen LogP contribution < -0.4 is 0 Å². The smallest absolute Gasteiger partial charge is 0.338 e. The number of aromatic carboxylic acids is 1. The van der Waals surface area contributed by atoms with Crippen LogP contribution in [0, 0.1) is 10.1 Å². The maximum absolute atomic E-state index is 11.4. The molecule has 0 aromatic carbocycles. The summed E-state index contributed by atoms with van der Waals surface area (Å²) in [5.41, 5.74) is 0.00237. The molecule has 0 spiro atoms.